The third kappa shape index (κ3) is 59.6. The third-order valence-corrected chi connectivity index (χ3v) is 0. The Labute approximate surface area is 90.3 Å². The molecule has 0 unspecified atom stereocenters. The minimum Gasteiger partial charge on any atom is 2.00 e. The van der Waals surface area contributed by atoms with Gasteiger partial charge < -0.3 is 5.48 Å². The van der Waals surface area contributed by atoms with E-state index in [4.69, 9.17) is 9.18 Å². The van der Waals surface area contributed by atoms with Gasteiger partial charge in [0.1, 0.15) is 0 Å². The van der Waals surface area contributed by atoms with Gasteiger partial charge in [-0.3, -0.25) is 0 Å². The fraction of sp³-hybridized carbons (Fsp3) is 0. The summed E-state index contributed by atoms with van der Waals surface area (Å²) in [6, 6.07) is 0. The Morgan fingerprint density at radius 3 is 1.14 bits per heavy atom. The largest absolute Gasteiger partial charge is 2.00 e. The van der Waals surface area contributed by atoms with Crippen LogP contribution in [-0.4, -0.2) is 54.6 Å². The predicted molar refractivity (Wildman–Crippen MR) is 12.9 cm³/mol. The summed E-state index contributed by atoms with van der Waals surface area (Å²) >= 11 is -4.29. The molecule has 36 valence electrons. The summed E-state index contributed by atoms with van der Waals surface area (Å²) in [5.41, 5.74) is 0. The Balaban J connectivity index is -0.0000000150. The van der Waals surface area contributed by atoms with E-state index in [2.05, 4.69) is 0 Å². The molecule has 0 aliphatic heterocycles. The van der Waals surface area contributed by atoms with Gasteiger partial charge in [-0.05, 0) is 0 Å². The first-order valence-electron chi connectivity index (χ1n) is 0.612. The number of rotatable bonds is 0. The van der Waals surface area contributed by atoms with Crippen molar-refractivity contribution in [3.05, 3.63) is 0 Å². The van der Waals surface area contributed by atoms with Crippen LogP contribution >= 0.6 is 0 Å². The maximum atomic E-state index is 8.61. The smallest absolute Gasteiger partial charge is 2.00 e. The molecule has 0 saturated carbocycles. The van der Waals surface area contributed by atoms with Crippen molar-refractivity contribution >= 4 is 54.6 Å². The van der Waals surface area contributed by atoms with Gasteiger partial charge in [0.2, 0.25) is 0 Å². The normalized spacial score (nSPS) is 3.71. The molecule has 0 aliphatic carbocycles. The van der Waals surface area contributed by atoms with Gasteiger partial charge in [-0.25, -0.2) is 0 Å². The first-order chi connectivity index (χ1) is 1.73. The molecule has 7 heteroatoms. The fourth-order valence-corrected chi connectivity index (χ4v) is 0. The molecule has 0 fully saturated rings. The minimum atomic E-state index is -4.29. The molecule has 0 aliphatic rings. The van der Waals surface area contributed by atoms with Crippen molar-refractivity contribution in [3.8, 4) is 0 Å². The number of hydrogen-bond acceptors (Lipinski definition) is 3. The van der Waals surface area contributed by atoms with Gasteiger partial charge in [0.05, 0.1) is 0 Å². The molecule has 4 radical (unpaired) electrons. The molecular formula is O4Pb2Zr. The summed E-state index contributed by atoms with van der Waals surface area (Å²) in [6.45, 7) is 0. The molecule has 0 aromatic rings. The second-order valence-corrected chi connectivity index (χ2v) is 1.48. The average molecular weight is 570 g/mol. The fourth-order valence-electron chi connectivity index (χ4n) is 0. The van der Waals surface area contributed by atoms with E-state index in [9.17, 15) is 0 Å². The van der Waals surface area contributed by atoms with Crippen molar-refractivity contribution in [1.29, 1.82) is 0 Å². The quantitative estimate of drug-likeness (QED) is 0.285. The van der Waals surface area contributed by atoms with E-state index in [0.717, 1.165) is 0 Å². The summed E-state index contributed by atoms with van der Waals surface area (Å²) in [5.74, 6) is 0. The minimum absolute atomic E-state index is 0. The van der Waals surface area contributed by atoms with E-state index < -0.39 is 22.6 Å². The molecule has 0 atom stereocenters. The Hall–Kier alpha value is 2.41. The Morgan fingerprint density at radius 1 is 1.14 bits per heavy atom. The molecule has 7 heavy (non-hydrogen) atoms. The first-order valence-corrected chi connectivity index (χ1v) is 3.62. The third-order valence-electron chi connectivity index (χ3n) is 0. The second kappa shape index (κ2) is 15.8. The number of hydrogen-bond donors (Lipinski definition) is 0. The summed E-state index contributed by atoms with van der Waals surface area (Å²) in [4.78, 5) is 0. The van der Waals surface area contributed by atoms with Crippen molar-refractivity contribution in [2.24, 2.45) is 0 Å². The van der Waals surface area contributed by atoms with Crippen LogP contribution in [0.5, 0.6) is 0 Å². The van der Waals surface area contributed by atoms with Crippen LogP contribution in [0.25, 0.3) is 0 Å². The Morgan fingerprint density at radius 2 is 1.14 bits per heavy atom. The van der Waals surface area contributed by atoms with E-state index in [1.165, 1.54) is 0 Å². The zero-order chi connectivity index (χ0) is 3.58. The van der Waals surface area contributed by atoms with Crippen LogP contribution in [0.2, 0.25) is 0 Å². The maximum Gasteiger partial charge on any atom is 2.00 e. The van der Waals surface area contributed by atoms with Crippen molar-refractivity contribution in [2.45, 2.75) is 0 Å². The molecule has 0 saturated heterocycles. The molecule has 0 spiro atoms. The van der Waals surface area contributed by atoms with Crippen molar-refractivity contribution < 1.29 is 37.3 Å². The van der Waals surface area contributed by atoms with E-state index >= 15 is 0 Å². The van der Waals surface area contributed by atoms with Crippen LogP contribution in [0, 0.1) is 0 Å². The van der Waals surface area contributed by atoms with Crippen molar-refractivity contribution in [1.82, 2.24) is 0 Å². The van der Waals surface area contributed by atoms with Crippen LogP contribution in [-0.2, 0) is 30.9 Å². The van der Waals surface area contributed by atoms with Crippen LogP contribution in [0.15, 0.2) is 0 Å². The molecule has 4 nitrogen and oxygen atoms in total. The molecule has 0 heterocycles. The summed E-state index contributed by atoms with van der Waals surface area (Å²) in [5, 5.41) is 0. The first kappa shape index (κ1) is 22.7. The summed E-state index contributed by atoms with van der Waals surface area (Å²) in [6.07, 6.45) is 0. The van der Waals surface area contributed by atoms with Gasteiger partial charge >= 0.3 is 86.4 Å². The van der Waals surface area contributed by atoms with Gasteiger partial charge in [-0.1, -0.05) is 0 Å². The van der Waals surface area contributed by atoms with Gasteiger partial charge in [0.25, 0.3) is 0 Å². The Bertz CT molecular complexity index is 32.7. The monoisotopic (exact) mass is 570 g/mol. The van der Waals surface area contributed by atoms with E-state index in [0.29, 0.717) is 0 Å². The van der Waals surface area contributed by atoms with Crippen molar-refractivity contribution in [3.63, 3.8) is 0 Å². The molecule has 0 aromatic carbocycles. The van der Waals surface area contributed by atoms with Gasteiger partial charge in [-0.15, -0.1) is 0 Å². The topological polar surface area (TPSA) is 91.7 Å². The Kier molecular flexibility index (Phi) is 51.3. The molecule has 0 bridgehead atoms. The van der Waals surface area contributed by atoms with Crippen LogP contribution in [0.4, 0.5) is 0 Å². The molecule has 0 rings (SSSR count). The van der Waals surface area contributed by atoms with E-state index in [1.807, 2.05) is 0 Å². The summed E-state index contributed by atoms with van der Waals surface area (Å²) < 4.78 is 25.8. The molecule has 0 amide bonds. The second-order valence-electron chi connectivity index (χ2n) is 0.250. The SMILES string of the molecule is [O-2].[O]=[Zr]([O-])[O-].[Pb+2].[Pb+2]. The van der Waals surface area contributed by atoms with Gasteiger partial charge in [0.15, 0.2) is 0 Å². The summed E-state index contributed by atoms with van der Waals surface area (Å²) in [7, 11) is 0. The average Bonchev–Trinajstić information content (AvgIpc) is 0.811. The van der Waals surface area contributed by atoms with E-state index in [-0.39, 0.29) is 60.1 Å². The zero-order valence-electron chi connectivity index (χ0n) is 3.13. The standard InChI is InChI=1S/4O.2Pb.Zr/q;-2;2*-1;2*+2;. The van der Waals surface area contributed by atoms with Gasteiger partial charge in [-0.2, -0.15) is 0 Å². The van der Waals surface area contributed by atoms with Crippen molar-refractivity contribution in [2.75, 3.05) is 0 Å². The molecule has 0 aromatic heterocycles. The molecular weight excluding hydrogens is 570 g/mol. The zero-order valence-corrected chi connectivity index (χ0v) is 13.4. The molecule has 0 N–H and O–H groups in total. The predicted octanol–water partition coefficient (Wildman–Crippen LogP) is -3.38. The van der Waals surface area contributed by atoms with E-state index in [1.54, 1.807) is 0 Å². The van der Waals surface area contributed by atoms with Crippen LogP contribution in [0.3, 0.4) is 0 Å². The van der Waals surface area contributed by atoms with Gasteiger partial charge in [0, 0.05) is 0 Å². The van der Waals surface area contributed by atoms with Crippen LogP contribution in [0.1, 0.15) is 0 Å². The van der Waals surface area contributed by atoms with Crippen LogP contribution < -0.4 is 6.37 Å². The maximum absolute atomic E-state index is 8.61.